The van der Waals surface area contributed by atoms with Crippen molar-refractivity contribution in [2.45, 2.75) is 46.5 Å². The summed E-state index contributed by atoms with van der Waals surface area (Å²) >= 11 is 6.18. The summed E-state index contributed by atoms with van der Waals surface area (Å²) in [6.07, 6.45) is 5.76. The minimum absolute atomic E-state index is 0.0282. The molecule has 3 fully saturated rings. The Morgan fingerprint density at radius 1 is 1.03 bits per heavy atom. The highest BCUT2D eigenvalue weighted by molar-refractivity contribution is 6.31. The Hall–Kier alpha value is -2.71. The third kappa shape index (κ3) is 6.34. The van der Waals surface area contributed by atoms with E-state index < -0.39 is 6.09 Å². The molecule has 194 valence electrons. The van der Waals surface area contributed by atoms with Crippen LogP contribution in [0.25, 0.3) is 0 Å². The smallest absolute Gasteiger partial charge is 0.411 e. The van der Waals surface area contributed by atoms with Crippen molar-refractivity contribution in [3.8, 4) is 0 Å². The zero-order chi connectivity index (χ0) is 25.8. The first-order valence-corrected chi connectivity index (χ1v) is 13.2. The van der Waals surface area contributed by atoms with Crippen molar-refractivity contribution in [3.63, 3.8) is 0 Å². The molecule has 0 bridgehead atoms. The summed E-state index contributed by atoms with van der Waals surface area (Å²) in [6, 6.07) is 5.34. The van der Waals surface area contributed by atoms with Crippen LogP contribution in [0.1, 0.15) is 53.0 Å². The van der Waals surface area contributed by atoms with E-state index in [9.17, 15) is 14.7 Å². The molecule has 2 aliphatic heterocycles. The number of fused-ring (bicyclic) bond motifs is 1. The molecular formula is C27H36ClN5O3. The molecule has 1 N–H and O–H groups in total. The van der Waals surface area contributed by atoms with E-state index in [0.717, 1.165) is 56.1 Å². The number of carboxylic acid groups (broad SMARTS) is 1. The number of benzene rings is 1. The Kier molecular flexibility index (Phi) is 8.46. The number of nitrogens with zero attached hydrogens (tertiary/aromatic N) is 5. The fourth-order valence-corrected chi connectivity index (χ4v) is 5.21. The predicted octanol–water partition coefficient (Wildman–Crippen LogP) is 4.80. The number of anilines is 1. The molecule has 1 aromatic heterocycles. The molecule has 1 saturated carbocycles. The molecule has 2 aromatic rings. The molecule has 0 spiro atoms. The van der Waals surface area contributed by atoms with Gasteiger partial charge in [0.25, 0.3) is 5.91 Å². The van der Waals surface area contributed by atoms with Crippen molar-refractivity contribution in [2.24, 2.45) is 11.8 Å². The van der Waals surface area contributed by atoms with Gasteiger partial charge in [0, 0.05) is 43.4 Å². The number of carbonyl (C=O) groups is 2. The normalized spacial score (nSPS) is 20.5. The zero-order valence-electron chi connectivity index (χ0n) is 21.4. The average molecular weight is 514 g/mol. The van der Waals surface area contributed by atoms with Crippen LogP contribution in [0.4, 0.5) is 10.5 Å². The SMILES string of the molecule is C1CC1.Cc1ccc(N(CCCN2CC3CN(C(=O)c4c(C)ncnc4C)CC3C2)C(=O)O)cc1Cl. The summed E-state index contributed by atoms with van der Waals surface area (Å²) in [6.45, 7) is 10.2. The van der Waals surface area contributed by atoms with Crippen LogP contribution in [-0.4, -0.2) is 76.1 Å². The van der Waals surface area contributed by atoms with Crippen molar-refractivity contribution in [1.29, 1.82) is 0 Å². The van der Waals surface area contributed by atoms with Gasteiger partial charge in [-0.3, -0.25) is 9.69 Å². The van der Waals surface area contributed by atoms with Crippen LogP contribution in [0.5, 0.6) is 0 Å². The van der Waals surface area contributed by atoms with Crippen LogP contribution in [-0.2, 0) is 0 Å². The van der Waals surface area contributed by atoms with Gasteiger partial charge in [-0.1, -0.05) is 36.9 Å². The van der Waals surface area contributed by atoms with E-state index in [1.54, 1.807) is 12.1 Å². The van der Waals surface area contributed by atoms with Crippen molar-refractivity contribution >= 4 is 29.3 Å². The summed E-state index contributed by atoms with van der Waals surface area (Å²) in [5, 5.41) is 10.2. The van der Waals surface area contributed by atoms with Gasteiger partial charge in [0.1, 0.15) is 6.33 Å². The Bertz CT molecular complexity index is 1070. The molecule has 3 aliphatic rings. The van der Waals surface area contributed by atoms with Crippen molar-refractivity contribution in [1.82, 2.24) is 19.8 Å². The van der Waals surface area contributed by atoms with Gasteiger partial charge in [-0.05, 0) is 63.3 Å². The number of aromatic nitrogens is 2. The maximum Gasteiger partial charge on any atom is 0.411 e. The Morgan fingerprint density at radius 3 is 2.17 bits per heavy atom. The summed E-state index contributed by atoms with van der Waals surface area (Å²) in [7, 11) is 0. The molecule has 1 aliphatic carbocycles. The van der Waals surface area contributed by atoms with Gasteiger partial charge in [-0.2, -0.15) is 0 Å². The molecule has 2 atom stereocenters. The fraction of sp³-hybridized carbons (Fsp3) is 0.556. The summed E-state index contributed by atoms with van der Waals surface area (Å²) in [5.74, 6) is 0.928. The largest absolute Gasteiger partial charge is 0.465 e. The zero-order valence-corrected chi connectivity index (χ0v) is 22.2. The Balaban J connectivity index is 0.000000943. The highest BCUT2D eigenvalue weighted by Gasteiger charge is 2.42. The highest BCUT2D eigenvalue weighted by Crippen LogP contribution is 2.32. The highest BCUT2D eigenvalue weighted by atomic mass is 35.5. The van der Waals surface area contributed by atoms with Gasteiger partial charge in [0.2, 0.25) is 0 Å². The number of hydrogen-bond acceptors (Lipinski definition) is 5. The lowest BCUT2D eigenvalue weighted by Crippen LogP contribution is -2.36. The summed E-state index contributed by atoms with van der Waals surface area (Å²) in [5.41, 5.74) is 3.60. The van der Waals surface area contributed by atoms with E-state index in [1.807, 2.05) is 31.7 Å². The van der Waals surface area contributed by atoms with Crippen molar-refractivity contribution in [2.75, 3.05) is 44.2 Å². The topological polar surface area (TPSA) is 89.9 Å². The number of carbonyl (C=O) groups excluding carboxylic acids is 1. The van der Waals surface area contributed by atoms with Gasteiger partial charge in [-0.15, -0.1) is 0 Å². The summed E-state index contributed by atoms with van der Waals surface area (Å²) in [4.78, 5) is 38.9. The molecule has 5 rings (SSSR count). The number of amides is 2. The predicted molar refractivity (Wildman–Crippen MR) is 141 cm³/mol. The first kappa shape index (κ1) is 26.4. The lowest BCUT2D eigenvalue weighted by molar-refractivity contribution is 0.0771. The van der Waals surface area contributed by atoms with Gasteiger partial charge < -0.3 is 14.9 Å². The van der Waals surface area contributed by atoms with Gasteiger partial charge >= 0.3 is 6.09 Å². The van der Waals surface area contributed by atoms with E-state index >= 15 is 0 Å². The number of likely N-dealkylation sites (tertiary alicyclic amines) is 2. The lowest BCUT2D eigenvalue weighted by atomic mass is 10.0. The molecular weight excluding hydrogens is 478 g/mol. The number of rotatable bonds is 6. The van der Waals surface area contributed by atoms with Crippen LogP contribution in [0.2, 0.25) is 5.02 Å². The first-order valence-electron chi connectivity index (χ1n) is 12.8. The maximum atomic E-state index is 13.1. The first-order chi connectivity index (χ1) is 17.2. The average Bonchev–Trinajstić information content (AvgIpc) is 3.58. The number of aryl methyl sites for hydroxylation is 3. The maximum absolute atomic E-state index is 13.1. The van der Waals surface area contributed by atoms with Crippen LogP contribution in [0.3, 0.4) is 0 Å². The van der Waals surface area contributed by atoms with E-state index in [-0.39, 0.29) is 5.91 Å². The van der Waals surface area contributed by atoms with E-state index in [0.29, 0.717) is 34.7 Å². The number of hydrogen-bond donors (Lipinski definition) is 1. The van der Waals surface area contributed by atoms with Crippen LogP contribution >= 0.6 is 11.6 Å². The molecule has 2 saturated heterocycles. The minimum atomic E-state index is -0.974. The van der Waals surface area contributed by atoms with Gasteiger partial charge in [0.05, 0.1) is 17.0 Å². The Labute approximate surface area is 218 Å². The monoisotopic (exact) mass is 513 g/mol. The number of halogens is 1. The second kappa shape index (κ2) is 11.6. The molecule has 1 aromatic carbocycles. The fourth-order valence-electron chi connectivity index (χ4n) is 5.04. The van der Waals surface area contributed by atoms with Crippen molar-refractivity contribution in [3.05, 3.63) is 52.1 Å². The molecule has 2 amide bonds. The minimum Gasteiger partial charge on any atom is -0.465 e. The second-order valence-corrected chi connectivity index (χ2v) is 10.6. The Morgan fingerprint density at radius 2 is 1.64 bits per heavy atom. The van der Waals surface area contributed by atoms with Gasteiger partial charge in [-0.25, -0.2) is 14.8 Å². The molecule has 36 heavy (non-hydrogen) atoms. The van der Waals surface area contributed by atoms with E-state index in [1.165, 1.54) is 30.5 Å². The van der Waals surface area contributed by atoms with Crippen LogP contribution in [0.15, 0.2) is 24.5 Å². The van der Waals surface area contributed by atoms with E-state index in [4.69, 9.17) is 11.6 Å². The third-order valence-corrected chi connectivity index (χ3v) is 7.60. The lowest BCUT2D eigenvalue weighted by Gasteiger charge is -2.24. The molecule has 8 nitrogen and oxygen atoms in total. The van der Waals surface area contributed by atoms with Gasteiger partial charge in [0.15, 0.2) is 0 Å². The van der Waals surface area contributed by atoms with E-state index in [2.05, 4.69) is 14.9 Å². The quantitative estimate of drug-likeness (QED) is 0.596. The van der Waals surface area contributed by atoms with Crippen molar-refractivity contribution < 1.29 is 14.7 Å². The third-order valence-electron chi connectivity index (χ3n) is 7.20. The van der Waals surface area contributed by atoms with Crippen LogP contribution < -0.4 is 4.90 Å². The van der Waals surface area contributed by atoms with Crippen LogP contribution in [0, 0.1) is 32.6 Å². The summed E-state index contributed by atoms with van der Waals surface area (Å²) < 4.78 is 0. The molecule has 0 radical (unpaired) electrons. The standard InChI is InChI=1S/C24H30ClN5O3.C3H6/c1-15-5-6-20(9-21(15)25)30(24(32)33)8-4-7-28-10-18-12-29(13-19(18)11-28)23(31)22-16(2)26-14-27-17(22)3;1-2-3-1/h5-6,9,14,18-19H,4,7-8,10-13H2,1-3H3,(H,32,33);1-3H2. The molecule has 3 heterocycles. The molecule has 9 heteroatoms. The molecule has 2 unspecified atom stereocenters. The second-order valence-electron chi connectivity index (χ2n) is 10.2.